The van der Waals surface area contributed by atoms with E-state index < -0.39 is 9.84 Å². The van der Waals surface area contributed by atoms with Crippen LogP contribution in [0.2, 0.25) is 0 Å². The van der Waals surface area contributed by atoms with Gasteiger partial charge in [-0.15, -0.1) is 0 Å². The first kappa shape index (κ1) is 20.7. The number of amides is 1. The molecule has 0 unspecified atom stereocenters. The standard InChI is InChI=1S/C21H23N3O4S/c1-14(2)15-4-6-16(7-5-15)21-23-20(28-24-21)13-12-19(25)22-17-8-10-18(11-9-17)29(3,26)27/h4-11,14H,12-13H2,1-3H3,(H,22,25). The summed E-state index contributed by atoms with van der Waals surface area (Å²) in [6.07, 6.45) is 1.62. The highest BCUT2D eigenvalue weighted by Crippen LogP contribution is 2.21. The molecular formula is C21H23N3O4S. The highest BCUT2D eigenvalue weighted by Gasteiger charge is 2.12. The van der Waals surface area contributed by atoms with E-state index in [4.69, 9.17) is 4.52 Å². The number of hydrogen-bond donors (Lipinski definition) is 1. The van der Waals surface area contributed by atoms with Crippen molar-refractivity contribution in [3.8, 4) is 11.4 Å². The lowest BCUT2D eigenvalue weighted by atomic mass is 10.0. The van der Waals surface area contributed by atoms with Crippen LogP contribution >= 0.6 is 0 Å². The van der Waals surface area contributed by atoms with Gasteiger partial charge in [0.2, 0.25) is 17.6 Å². The van der Waals surface area contributed by atoms with E-state index in [0.29, 0.717) is 29.7 Å². The maximum absolute atomic E-state index is 12.1. The van der Waals surface area contributed by atoms with Crippen molar-refractivity contribution in [2.45, 2.75) is 37.5 Å². The summed E-state index contributed by atoms with van der Waals surface area (Å²) in [5, 5.41) is 6.70. The Hall–Kier alpha value is -3.00. The Kier molecular flexibility index (Phi) is 6.12. The first-order valence-electron chi connectivity index (χ1n) is 9.25. The van der Waals surface area contributed by atoms with Gasteiger partial charge in [0.1, 0.15) is 0 Å². The van der Waals surface area contributed by atoms with Gasteiger partial charge in [0.25, 0.3) is 0 Å². The molecule has 0 spiro atoms. The summed E-state index contributed by atoms with van der Waals surface area (Å²) >= 11 is 0. The van der Waals surface area contributed by atoms with E-state index in [0.717, 1.165) is 11.8 Å². The quantitative estimate of drug-likeness (QED) is 0.631. The molecule has 3 rings (SSSR count). The summed E-state index contributed by atoms with van der Waals surface area (Å²) < 4.78 is 28.2. The molecule has 0 fully saturated rings. The number of carbonyl (C=O) groups is 1. The maximum Gasteiger partial charge on any atom is 0.227 e. The molecule has 0 aliphatic carbocycles. The van der Waals surface area contributed by atoms with Gasteiger partial charge in [0.15, 0.2) is 9.84 Å². The van der Waals surface area contributed by atoms with Gasteiger partial charge in [-0.25, -0.2) is 8.42 Å². The zero-order chi connectivity index (χ0) is 21.0. The summed E-state index contributed by atoms with van der Waals surface area (Å²) in [5.74, 6) is 1.10. The molecule has 7 nitrogen and oxygen atoms in total. The third kappa shape index (κ3) is 5.51. The number of hydrogen-bond acceptors (Lipinski definition) is 6. The molecule has 1 amide bonds. The van der Waals surface area contributed by atoms with Crippen molar-refractivity contribution in [2.24, 2.45) is 0 Å². The van der Waals surface area contributed by atoms with Crippen molar-refractivity contribution in [2.75, 3.05) is 11.6 Å². The second-order valence-corrected chi connectivity index (χ2v) is 9.15. The van der Waals surface area contributed by atoms with Crippen molar-refractivity contribution in [3.63, 3.8) is 0 Å². The topological polar surface area (TPSA) is 102 Å². The Labute approximate surface area is 170 Å². The maximum atomic E-state index is 12.1. The number of nitrogens with zero attached hydrogens (tertiary/aromatic N) is 2. The van der Waals surface area contributed by atoms with Crippen molar-refractivity contribution in [1.29, 1.82) is 0 Å². The van der Waals surface area contributed by atoms with Crippen molar-refractivity contribution < 1.29 is 17.7 Å². The highest BCUT2D eigenvalue weighted by molar-refractivity contribution is 7.90. The molecular weight excluding hydrogens is 390 g/mol. The van der Waals surface area contributed by atoms with Gasteiger partial charge in [-0.05, 0) is 35.7 Å². The van der Waals surface area contributed by atoms with Gasteiger partial charge in [-0.1, -0.05) is 43.3 Å². The molecule has 0 saturated carbocycles. The van der Waals surface area contributed by atoms with Crippen LogP contribution in [-0.4, -0.2) is 30.7 Å². The van der Waals surface area contributed by atoms with Gasteiger partial charge in [-0.3, -0.25) is 4.79 Å². The second kappa shape index (κ2) is 8.57. The minimum Gasteiger partial charge on any atom is -0.339 e. The molecule has 152 valence electrons. The van der Waals surface area contributed by atoms with Crippen LogP contribution in [0.5, 0.6) is 0 Å². The van der Waals surface area contributed by atoms with Gasteiger partial charge < -0.3 is 9.84 Å². The summed E-state index contributed by atoms with van der Waals surface area (Å²) in [4.78, 5) is 16.7. The largest absolute Gasteiger partial charge is 0.339 e. The van der Waals surface area contributed by atoms with Crippen LogP contribution < -0.4 is 5.32 Å². The van der Waals surface area contributed by atoms with Crippen molar-refractivity contribution in [1.82, 2.24) is 10.1 Å². The fraction of sp³-hybridized carbons (Fsp3) is 0.286. The molecule has 0 aliphatic rings. The first-order chi connectivity index (χ1) is 13.7. The molecule has 3 aromatic rings. The molecule has 1 heterocycles. The fourth-order valence-corrected chi connectivity index (χ4v) is 3.35. The molecule has 0 saturated heterocycles. The van der Waals surface area contributed by atoms with Crippen LogP contribution in [0.4, 0.5) is 5.69 Å². The normalized spacial score (nSPS) is 11.6. The van der Waals surface area contributed by atoms with Crippen LogP contribution in [0.25, 0.3) is 11.4 Å². The third-order valence-corrected chi connectivity index (χ3v) is 5.56. The number of anilines is 1. The Morgan fingerprint density at radius 1 is 1.07 bits per heavy atom. The molecule has 2 aromatic carbocycles. The van der Waals surface area contributed by atoms with Crippen LogP contribution in [-0.2, 0) is 21.1 Å². The first-order valence-corrected chi connectivity index (χ1v) is 11.1. The Morgan fingerprint density at radius 3 is 2.31 bits per heavy atom. The number of aromatic nitrogens is 2. The van der Waals surface area contributed by atoms with E-state index in [9.17, 15) is 13.2 Å². The summed E-state index contributed by atoms with van der Waals surface area (Å²) in [6, 6.07) is 14.0. The van der Waals surface area contributed by atoms with E-state index >= 15 is 0 Å². The third-order valence-electron chi connectivity index (χ3n) is 4.44. The Bertz CT molecular complexity index is 1090. The molecule has 0 atom stereocenters. The lowest BCUT2D eigenvalue weighted by Gasteiger charge is -2.05. The smallest absolute Gasteiger partial charge is 0.227 e. The zero-order valence-corrected chi connectivity index (χ0v) is 17.4. The minimum atomic E-state index is -3.26. The Balaban J connectivity index is 1.56. The van der Waals surface area contributed by atoms with Crippen molar-refractivity contribution in [3.05, 3.63) is 60.0 Å². The van der Waals surface area contributed by atoms with E-state index in [2.05, 4.69) is 29.3 Å². The van der Waals surface area contributed by atoms with Gasteiger partial charge in [-0.2, -0.15) is 4.98 Å². The fourth-order valence-electron chi connectivity index (χ4n) is 2.72. The summed E-state index contributed by atoms with van der Waals surface area (Å²) in [7, 11) is -3.26. The van der Waals surface area contributed by atoms with Crippen LogP contribution in [0.3, 0.4) is 0 Å². The molecule has 0 radical (unpaired) electrons. The molecule has 1 N–H and O–H groups in total. The predicted octanol–water partition coefficient (Wildman–Crippen LogP) is 3.83. The summed E-state index contributed by atoms with van der Waals surface area (Å²) in [5.41, 5.74) is 2.62. The van der Waals surface area contributed by atoms with Crippen LogP contribution in [0.1, 0.15) is 37.6 Å². The number of rotatable bonds is 7. The predicted molar refractivity (Wildman–Crippen MR) is 110 cm³/mol. The number of carbonyl (C=O) groups excluding carboxylic acids is 1. The van der Waals surface area contributed by atoms with Gasteiger partial charge in [0.05, 0.1) is 4.90 Å². The molecule has 8 heteroatoms. The van der Waals surface area contributed by atoms with E-state index in [-0.39, 0.29) is 17.2 Å². The second-order valence-electron chi connectivity index (χ2n) is 7.13. The monoisotopic (exact) mass is 413 g/mol. The molecule has 1 aromatic heterocycles. The van der Waals surface area contributed by atoms with Crippen LogP contribution in [0, 0.1) is 0 Å². The highest BCUT2D eigenvalue weighted by atomic mass is 32.2. The summed E-state index contributed by atoms with van der Waals surface area (Å²) in [6.45, 7) is 4.26. The number of nitrogens with one attached hydrogen (secondary N) is 1. The number of sulfone groups is 1. The average molecular weight is 413 g/mol. The van der Waals surface area contributed by atoms with E-state index in [1.54, 1.807) is 12.1 Å². The zero-order valence-electron chi connectivity index (χ0n) is 16.5. The lowest BCUT2D eigenvalue weighted by molar-refractivity contribution is -0.116. The Morgan fingerprint density at radius 2 is 1.72 bits per heavy atom. The molecule has 0 aliphatic heterocycles. The SMILES string of the molecule is CC(C)c1ccc(-c2noc(CCC(=O)Nc3ccc(S(C)(=O)=O)cc3)n2)cc1. The van der Waals surface area contributed by atoms with E-state index in [1.165, 1.54) is 17.7 Å². The molecule has 29 heavy (non-hydrogen) atoms. The number of aryl methyl sites for hydroxylation is 1. The van der Waals surface area contributed by atoms with Crippen molar-refractivity contribution >= 4 is 21.4 Å². The van der Waals surface area contributed by atoms with E-state index in [1.807, 2.05) is 24.3 Å². The van der Waals surface area contributed by atoms with Gasteiger partial charge >= 0.3 is 0 Å². The van der Waals surface area contributed by atoms with Gasteiger partial charge in [0, 0.05) is 30.3 Å². The minimum absolute atomic E-state index is 0.168. The van der Waals surface area contributed by atoms with Crippen LogP contribution in [0.15, 0.2) is 57.9 Å². The number of benzene rings is 2. The lowest BCUT2D eigenvalue weighted by Crippen LogP contribution is -2.12. The molecule has 0 bridgehead atoms. The average Bonchev–Trinajstić information content (AvgIpc) is 3.15.